The van der Waals surface area contributed by atoms with Gasteiger partial charge in [0.25, 0.3) is 0 Å². The van der Waals surface area contributed by atoms with Crippen molar-refractivity contribution in [1.29, 1.82) is 0 Å². The predicted molar refractivity (Wildman–Crippen MR) is 51.3 cm³/mol. The molecule has 0 bridgehead atoms. The number of aldehydes is 1. The lowest BCUT2D eigenvalue weighted by Crippen LogP contribution is -2.10. The Kier molecular flexibility index (Phi) is 3.90. The molecule has 1 aromatic rings. The first kappa shape index (κ1) is 10.8. The Morgan fingerprint density at radius 2 is 2.40 bits per heavy atom. The number of oxime groups is 1. The normalized spacial score (nSPS) is 10.6. The molecule has 0 radical (unpaired) electrons. The summed E-state index contributed by atoms with van der Waals surface area (Å²) in [5.74, 6) is 0.361. The van der Waals surface area contributed by atoms with E-state index in [9.17, 15) is 9.59 Å². The first-order valence-corrected chi connectivity index (χ1v) is 3.91. The first-order valence-electron chi connectivity index (χ1n) is 3.91. The van der Waals surface area contributed by atoms with Gasteiger partial charge in [0.2, 0.25) is 6.41 Å². The van der Waals surface area contributed by atoms with E-state index in [1.54, 1.807) is 0 Å². The predicted octanol–water partition coefficient (Wildman–Crippen LogP) is -0.406. The molecule has 1 rings (SSSR count). The van der Waals surface area contributed by atoms with Gasteiger partial charge in [0.05, 0.1) is 0 Å². The Bertz CT molecular complexity index is 391. The number of nitrogens with zero attached hydrogens (tertiary/aromatic N) is 3. The molecule has 7 heteroatoms. The van der Waals surface area contributed by atoms with Gasteiger partial charge in [0, 0.05) is 6.20 Å². The summed E-state index contributed by atoms with van der Waals surface area (Å²) < 4.78 is 0. The minimum absolute atomic E-state index is 0.0490. The van der Waals surface area contributed by atoms with Crippen molar-refractivity contribution >= 4 is 24.2 Å². The van der Waals surface area contributed by atoms with Gasteiger partial charge in [0.15, 0.2) is 17.8 Å². The third kappa shape index (κ3) is 2.83. The lowest BCUT2D eigenvalue weighted by atomic mass is 10.4. The van der Waals surface area contributed by atoms with Gasteiger partial charge < -0.3 is 10.2 Å². The Hall–Kier alpha value is -2.31. The maximum absolute atomic E-state index is 10.6. The average Bonchev–Trinajstić information content (AvgIpc) is 2.27. The van der Waals surface area contributed by atoms with Gasteiger partial charge in [-0.25, -0.2) is 9.97 Å². The van der Waals surface area contributed by atoms with Crippen LogP contribution in [0.5, 0.6) is 0 Å². The van der Waals surface area contributed by atoms with Crippen molar-refractivity contribution in [1.82, 2.24) is 9.97 Å². The molecule has 1 heterocycles. The quantitative estimate of drug-likeness (QED) is 0.403. The van der Waals surface area contributed by atoms with Crippen LogP contribution in [0.3, 0.4) is 0 Å². The summed E-state index contributed by atoms with van der Waals surface area (Å²) >= 11 is 0. The number of amides is 1. The van der Waals surface area contributed by atoms with Gasteiger partial charge in [-0.3, -0.25) is 9.59 Å². The second-order valence-electron chi connectivity index (χ2n) is 2.30. The summed E-state index contributed by atoms with van der Waals surface area (Å²) in [5, 5.41) is 5.75. The van der Waals surface area contributed by atoms with Crippen molar-refractivity contribution in [2.75, 3.05) is 12.4 Å². The van der Waals surface area contributed by atoms with Gasteiger partial charge in [0.1, 0.15) is 12.9 Å². The van der Waals surface area contributed by atoms with Crippen molar-refractivity contribution in [3.63, 3.8) is 0 Å². The van der Waals surface area contributed by atoms with Crippen LogP contribution in [0.15, 0.2) is 17.4 Å². The standard InChI is InChI=1S/C8H8N4O3/c1-15-12-6(4-13)8-9-3-2-7(11-8)10-5-14/h2-5H,1H3,(H,9,10,11,14). The fraction of sp³-hybridized carbons (Fsp3) is 0.125. The highest BCUT2D eigenvalue weighted by Crippen LogP contribution is 2.01. The van der Waals surface area contributed by atoms with Gasteiger partial charge in [-0.15, -0.1) is 0 Å². The fourth-order valence-corrected chi connectivity index (χ4v) is 0.836. The number of carbonyl (C=O) groups is 2. The number of carbonyl (C=O) groups excluding carboxylic acids is 2. The number of anilines is 1. The number of hydrogen-bond donors (Lipinski definition) is 1. The number of hydrogen-bond acceptors (Lipinski definition) is 6. The van der Waals surface area contributed by atoms with E-state index in [0.29, 0.717) is 12.7 Å². The molecule has 7 nitrogen and oxygen atoms in total. The molecule has 0 aromatic carbocycles. The highest BCUT2D eigenvalue weighted by atomic mass is 16.6. The van der Waals surface area contributed by atoms with Crippen LogP contribution in [0, 0.1) is 0 Å². The lowest BCUT2D eigenvalue weighted by Gasteiger charge is -1.99. The van der Waals surface area contributed by atoms with E-state index in [0.717, 1.165) is 0 Å². The summed E-state index contributed by atoms with van der Waals surface area (Å²) in [6, 6.07) is 1.48. The molecule has 78 valence electrons. The van der Waals surface area contributed by atoms with Gasteiger partial charge in [-0.05, 0) is 6.07 Å². The molecule has 1 N–H and O–H groups in total. The third-order valence-electron chi connectivity index (χ3n) is 1.39. The van der Waals surface area contributed by atoms with Crippen LogP contribution in [0.4, 0.5) is 5.82 Å². The summed E-state index contributed by atoms with van der Waals surface area (Å²) in [4.78, 5) is 32.8. The molecule has 0 aliphatic heterocycles. The maximum Gasteiger partial charge on any atom is 0.212 e. The number of nitrogens with one attached hydrogen (secondary N) is 1. The molecule has 15 heavy (non-hydrogen) atoms. The molecule has 0 unspecified atom stereocenters. The summed E-state index contributed by atoms with van der Waals surface area (Å²) in [6.45, 7) is 0. The van der Waals surface area contributed by atoms with E-state index in [2.05, 4.69) is 25.3 Å². The van der Waals surface area contributed by atoms with Crippen molar-refractivity contribution in [2.45, 2.75) is 0 Å². The van der Waals surface area contributed by atoms with Crippen molar-refractivity contribution < 1.29 is 14.4 Å². The van der Waals surface area contributed by atoms with E-state index in [-0.39, 0.29) is 17.4 Å². The zero-order valence-corrected chi connectivity index (χ0v) is 7.88. The largest absolute Gasteiger partial charge is 0.398 e. The molecule has 0 saturated carbocycles. The lowest BCUT2D eigenvalue weighted by molar-refractivity contribution is -0.105. The van der Waals surface area contributed by atoms with Crippen LogP contribution in [-0.2, 0) is 14.4 Å². The minimum Gasteiger partial charge on any atom is -0.398 e. The Morgan fingerprint density at radius 1 is 1.60 bits per heavy atom. The van der Waals surface area contributed by atoms with E-state index >= 15 is 0 Å². The summed E-state index contributed by atoms with van der Waals surface area (Å²) in [7, 11) is 1.30. The van der Waals surface area contributed by atoms with Gasteiger partial charge >= 0.3 is 0 Å². The second kappa shape index (κ2) is 5.43. The third-order valence-corrected chi connectivity index (χ3v) is 1.39. The molecular formula is C8H8N4O3. The fourth-order valence-electron chi connectivity index (χ4n) is 0.836. The molecule has 0 atom stereocenters. The molecule has 0 saturated heterocycles. The molecule has 1 amide bonds. The van der Waals surface area contributed by atoms with Crippen LogP contribution in [0.25, 0.3) is 0 Å². The van der Waals surface area contributed by atoms with E-state index in [1.165, 1.54) is 19.4 Å². The van der Waals surface area contributed by atoms with E-state index < -0.39 is 0 Å². The highest BCUT2D eigenvalue weighted by Gasteiger charge is 2.07. The smallest absolute Gasteiger partial charge is 0.212 e. The average molecular weight is 208 g/mol. The zero-order valence-electron chi connectivity index (χ0n) is 7.88. The molecule has 1 aromatic heterocycles. The second-order valence-corrected chi connectivity index (χ2v) is 2.30. The van der Waals surface area contributed by atoms with Crippen LogP contribution in [0.1, 0.15) is 5.82 Å². The van der Waals surface area contributed by atoms with E-state index in [1.807, 2.05) is 0 Å². The van der Waals surface area contributed by atoms with Gasteiger partial charge in [-0.2, -0.15) is 0 Å². The Labute approximate surface area is 85.2 Å². The SMILES string of the molecule is CON=C(C=O)c1nccc(NC=O)n1. The monoisotopic (exact) mass is 208 g/mol. The molecule has 0 fully saturated rings. The number of aromatic nitrogens is 2. The summed E-state index contributed by atoms with van der Waals surface area (Å²) in [5.41, 5.74) is -0.0490. The van der Waals surface area contributed by atoms with Crippen LogP contribution in [-0.4, -0.2) is 35.5 Å². The molecule has 0 spiro atoms. The van der Waals surface area contributed by atoms with Crippen molar-refractivity contribution in [3.8, 4) is 0 Å². The van der Waals surface area contributed by atoms with Crippen molar-refractivity contribution in [2.24, 2.45) is 5.16 Å². The summed E-state index contributed by atoms with van der Waals surface area (Å²) in [6.07, 6.45) is 2.33. The van der Waals surface area contributed by atoms with Crippen molar-refractivity contribution in [3.05, 3.63) is 18.1 Å². The maximum atomic E-state index is 10.6. The Balaban J connectivity index is 3.02. The van der Waals surface area contributed by atoms with E-state index in [4.69, 9.17) is 0 Å². The topological polar surface area (TPSA) is 93.5 Å². The Morgan fingerprint density at radius 3 is 3.00 bits per heavy atom. The van der Waals surface area contributed by atoms with Crippen LogP contribution in [0.2, 0.25) is 0 Å². The minimum atomic E-state index is -0.0490. The molecule has 0 aliphatic carbocycles. The number of rotatable bonds is 5. The first-order chi connectivity index (χ1) is 7.31. The van der Waals surface area contributed by atoms with Crippen LogP contribution >= 0.6 is 0 Å². The van der Waals surface area contributed by atoms with Crippen LogP contribution < -0.4 is 5.32 Å². The molecule has 0 aliphatic rings. The zero-order chi connectivity index (χ0) is 11.1. The highest BCUT2D eigenvalue weighted by molar-refractivity contribution is 6.34. The molecular weight excluding hydrogens is 200 g/mol. The van der Waals surface area contributed by atoms with Gasteiger partial charge in [-0.1, -0.05) is 5.16 Å².